The van der Waals surface area contributed by atoms with E-state index in [4.69, 9.17) is 0 Å². The highest BCUT2D eigenvalue weighted by Gasteiger charge is 2.30. The maximum Gasteiger partial charge on any atom is 0.269 e. The van der Waals surface area contributed by atoms with Crippen LogP contribution in [-0.2, 0) is 6.42 Å². The van der Waals surface area contributed by atoms with Crippen LogP contribution in [0.25, 0.3) is 0 Å². The Hall–Kier alpha value is -3.10. The number of fused-ring (bicyclic) bond motifs is 1. The first-order chi connectivity index (χ1) is 15.0. The van der Waals surface area contributed by atoms with E-state index in [0.29, 0.717) is 12.1 Å². The van der Waals surface area contributed by atoms with Gasteiger partial charge in [0.15, 0.2) is 0 Å². The maximum atomic E-state index is 13.2. The van der Waals surface area contributed by atoms with Gasteiger partial charge in [0.2, 0.25) is 0 Å². The van der Waals surface area contributed by atoms with Crippen molar-refractivity contribution in [3.8, 4) is 0 Å². The van der Waals surface area contributed by atoms with Gasteiger partial charge in [0, 0.05) is 60.0 Å². The van der Waals surface area contributed by atoms with E-state index in [9.17, 15) is 14.9 Å². The van der Waals surface area contributed by atoms with E-state index in [1.165, 1.54) is 29.1 Å². The van der Waals surface area contributed by atoms with Crippen LogP contribution < -0.4 is 4.90 Å². The van der Waals surface area contributed by atoms with Gasteiger partial charge in [0.1, 0.15) is 0 Å². The summed E-state index contributed by atoms with van der Waals surface area (Å²) < 4.78 is 0. The number of carbonyl (C=O) groups excluding carboxylic acids is 1. The van der Waals surface area contributed by atoms with Gasteiger partial charge in [-0.3, -0.25) is 24.8 Å². The summed E-state index contributed by atoms with van der Waals surface area (Å²) in [5.41, 5.74) is 2.47. The van der Waals surface area contributed by atoms with E-state index >= 15 is 0 Å². The summed E-state index contributed by atoms with van der Waals surface area (Å²) in [5, 5.41) is 12.9. The molecule has 1 unspecified atom stereocenters. The van der Waals surface area contributed by atoms with Crippen LogP contribution in [0.4, 0.5) is 11.4 Å². The third-order valence-corrected chi connectivity index (χ3v) is 6.68. The number of hydrogen-bond donors (Lipinski definition) is 0. The lowest BCUT2D eigenvalue weighted by atomic mass is 10.1. The van der Waals surface area contributed by atoms with E-state index in [1.54, 1.807) is 11.3 Å². The Bertz CT molecular complexity index is 1050. The fourth-order valence-corrected chi connectivity index (χ4v) is 5.08. The fourth-order valence-electron chi connectivity index (χ4n) is 3.99. The molecule has 1 aromatic carbocycles. The summed E-state index contributed by atoms with van der Waals surface area (Å²) in [7, 11) is 2.13. The number of likely N-dealkylation sites (N-methyl/N-ethyl adjacent to an activating group) is 1. The molecule has 0 saturated carbocycles. The van der Waals surface area contributed by atoms with Crippen LogP contribution in [0.1, 0.15) is 39.8 Å². The number of hydrogen-bond acceptors (Lipinski definition) is 6. The Morgan fingerprint density at radius 3 is 2.77 bits per heavy atom. The number of benzene rings is 1. The van der Waals surface area contributed by atoms with Crippen molar-refractivity contribution in [1.82, 2.24) is 9.88 Å². The Morgan fingerprint density at radius 2 is 2.06 bits per heavy atom. The van der Waals surface area contributed by atoms with Gasteiger partial charge in [0.05, 0.1) is 10.6 Å². The number of aromatic nitrogens is 1. The molecule has 2 aromatic heterocycles. The summed E-state index contributed by atoms with van der Waals surface area (Å²) in [6.07, 6.45) is 4.55. The highest BCUT2D eigenvalue weighted by atomic mass is 32.1. The Kier molecular flexibility index (Phi) is 6.39. The summed E-state index contributed by atoms with van der Waals surface area (Å²) in [6, 6.07) is 14.1. The first kappa shape index (κ1) is 21.1. The number of nitro benzene ring substituents is 1. The van der Waals surface area contributed by atoms with Crippen LogP contribution in [0, 0.1) is 10.1 Å². The average molecular weight is 437 g/mol. The van der Waals surface area contributed by atoms with Gasteiger partial charge in [-0.1, -0.05) is 6.07 Å². The lowest BCUT2D eigenvalue weighted by Gasteiger charge is -2.27. The molecule has 0 saturated heterocycles. The molecule has 1 atom stereocenters. The molecule has 0 aliphatic carbocycles. The SMILES string of the molecule is CN(CCc1ccccn1)C1CCCN(C(=O)c2ccc([N+](=O)[O-])cc2)c2ccsc21. The third-order valence-electron chi connectivity index (χ3n) is 5.68. The molecule has 8 heteroatoms. The zero-order chi connectivity index (χ0) is 21.8. The standard InChI is InChI=1S/C23H24N4O3S/c1-25(15-11-18-5-2-3-13-24-18)20-6-4-14-26(21-12-16-31-22(20)21)23(28)17-7-9-19(10-8-17)27(29)30/h2-3,5,7-10,12-13,16,20H,4,6,11,14-15H2,1H3. The van der Waals surface area contributed by atoms with Gasteiger partial charge in [-0.05, 0) is 55.6 Å². The minimum atomic E-state index is -0.456. The number of amides is 1. The number of rotatable bonds is 6. The van der Waals surface area contributed by atoms with Crippen molar-refractivity contribution in [3.63, 3.8) is 0 Å². The van der Waals surface area contributed by atoms with Crippen LogP contribution in [0.3, 0.4) is 0 Å². The topological polar surface area (TPSA) is 79.6 Å². The quantitative estimate of drug-likeness (QED) is 0.413. The van der Waals surface area contributed by atoms with Crippen LogP contribution in [0.2, 0.25) is 0 Å². The summed E-state index contributed by atoms with van der Waals surface area (Å²) in [5.74, 6) is -0.119. The molecule has 0 spiro atoms. The summed E-state index contributed by atoms with van der Waals surface area (Å²) in [6.45, 7) is 1.51. The Morgan fingerprint density at radius 1 is 1.26 bits per heavy atom. The highest BCUT2D eigenvalue weighted by Crippen LogP contribution is 2.40. The lowest BCUT2D eigenvalue weighted by Crippen LogP contribution is -2.31. The first-order valence-corrected chi connectivity index (χ1v) is 11.2. The second-order valence-corrected chi connectivity index (χ2v) is 8.59. The number of nitro groups is 1. The molecule has 31 heavy (non-hydrogen) atoms. The van der Waals surface area contributed by atoms with Crippen molar-refractivity contribution in [1.29, 1.82) is 0 Å². The first-order valence-electron chi connectivity index (χ1n) is 10.3. The molecule has 1 aliphatic rings. The molecule has 0 fully saturated rings. The zero-order valence-corrected chi connectivity index (χ0v) is 18.1. The predicted molar refractivity (Wildman–Crippen MR) is 122 cm³/mol. The van der Waals surface area contributed by atoms with Crippen LogP contribution in [-0.4, -0.2) is 40.9 Å². The number of nitrogens with zero attached hydrogens (tertiary/aromatic N) is 4. The molecule has 1 aliphatic heterocycles. The molecule has 160 valence electrons. The van der Waals surface area contributed by atoms with Crippen LogP contribution >= 0.6 is 11.3 Å². The van der Waals surface area contributed by atoms with E-state index in [-0.39, 0.29) is 17.6 Å². The predicted octanol–water partition coefficient (Wildman–Crippen LogP) is 4.71. The maximum absolute atomic E-state index is 13.2. The Balaban J connectivity index is 1.52. The molecular formula is C23H24N4O3S. The van der Waals surface area contributed by atoms with Gasteiger partial charge in [-0.25, -0.2) is 0 Å². The third kappa shape index (κ3) is 4.65. The number of non-ortho nitro benzene ring substituents is 1. The molecule has 0 radical (unpaired) electrons. The van der Waals surface area contributed by atoms with E-state index in [2.05, 4.69) is 16.9 Å². The molecule has 1 amide bonds. The molecular weight excluding hydrogens is 412 g/mol. The molecule has 0 bridgehead atoms. The summed E-state index contributed by atoms with van der Waals surface area (Å²) in [4.78, 5) is 33.4. The number of thiophene rings is 1. The largest absolute Gasteiger partial charge is 0.307 e. The van der Waals surface area contributed by atoms with Gasteiger partial charge in [-0.2, -0.15) is 0 Å². The van der Waals surface area contributed by atoms with Crippen molar-refractivity contribution < 1.29 is 9.72 Å². The van der Waals surface area contributed by atoms with E-state index in [0.717, 1.165) is 37.2 Å². The molecule has 4 rings (SSSR count). The van der Waals surface area contributed by atoms with Crippen molar-refractivity contribution in [2.45, 2.75) is 25.3 Å². The van der Waals surface area contributed by atoms with Gasteiger partial charge >= 0.3 is 0 Å². The highest BCUT2D eigenvalue weighted by molar-refractivity contribution is 7.10. The molecule has 3 heterocycles. The number of pyridine rings is 1. The normalized spacial score (nSPS) is 16.1. The number of anilines is 1. The smallest absolute Gasteiger partial charge is 0.269 e. The minimum absolute atomic E-state index is 0.0155. The average Bonchev–Trinajstić information content (AvgIpc) is 3.19. The van der Waals surface area contributed by atoms with Crippen LogP contribution in [0.15, 0.2) is 60.1 Å². The van der Waals surface area contributed by atoms with Crippen molar-refractivity contribution >= 4 is 28.6 Å². The fraction of sp³-hybridized carbons (Fsp3) is 0.304. The second-order valence-electron chi connectivity index (χ2n) is 7.64. The summed E-state index contributed by atoms with van der Waals surface area (Å²) >= 11 is 1.68. The monoisotopic (exact) mass is 436 g/mol. The van der Waals surface area contributed by atoms with Gasteiger partial charge in [-0.15, -0.1) is 11.3 Å². The lowest BCUT2D eigenvalue weighted by molar-refractivity contribution is -0.384. The van der Waals surface area contributed by atoms with E-state index < -0.39 is 4.92 Å². The van der Waals surface area contributed by atoms with E-state index in [1.807, 2.05) is 40.7 Å². The number of carbonyl (C=O) groups is 1. The van der Waals surface area contributed by atoms with Crippen LogP contribution in [0.5, 0.6) is 0 Å². The zero-order valence-electron chi connectivity index (χ0n) is 17.3. The van der Waals surface area contributed by atoms with Gasteiger partial charge < -0.3 is 4.90 Å². The van der Waals surface area contributed by atoms with Crippen molar-refractivity contribution in [2.24, 2.45) is 0 Å². The van der Waals surface area contributed by atoms with Crippen molar-refractivity contribution in [3.05, 3.63) is 86.4 Å². The van der Waals surface area contributed by atoms with Gasteiger partial charge in [0.25, 0.3) is 11.6 Å². The molecule has 7 nitrogen and oxygen atoms in total. The molecule has 0 N–H and O–H groups in total. The Labute approximate surface area is 185 Å². The van der Waals surface area contributed by atoms with Crippen molar-refractivity contribution in [2.75, 3.05) is 25.0 Å². The minimum Gasteiger partial charge on any atom is -0.307 e. The molecule has 3 aromatic rings. The second kappa shape index (κ2) is 9.36.